The topological polar surface area (TPSA) is 80.2 Å². The fraction of sp³-hybridized carbons (Fsp3) is 0.652. The number of rotatable bonds is 7. The molecular weight excluding hydrogens is 378 g/mol. The molecule has 1 amide bonds. The first-order valence-corrected chi connectivity index (χ1v) is 11.4. The molecule has 7 heteroatoms. The zero-order valence-electron chi connectivity index (χ0n) is 18.4. The van der Waals surface area contributed by atoms with Gasteiger partial charge in [-0.05, 0) is 37.3 Å². The molecule has 2 aliphatic heterocycles. The number of hydrogen-bond acceptors (Lipinski definition) is 4. The average Bonchev–Trinajstić information content (AvgIpc) is 3.23. The molecule has 0 aromatic heterocycles. The van der Waals surface area contributed by atoms with Crippen molar-refractivity contribution >= 4 is 11.9 Å². The minimum atomic E-state index is -0.125. The number of aliphatic hydroxyl groups is 1. The van der Waals surface area contributed by atoms with Gasteiger partial charge < -0.3 is 20.6 Å². The summed E-state index contributed by atoms with van der Waals surface area (Å²) >= 11 is 0. The van der Waals surface area contributed by atoms with Crippen LogP contribution in [0.5, 0.6) is 0 Å². The lowest BCUT2D eigenvalue weighted by Crippen LogP contribution is -2.45. The van der Waals surface area contributed by atoms with Crippen LogP contribution in [0.3, 0.4) is 0 Å². The van der Waals surface area contributed by atoms with Gasteiger partial charge in [0.2, 0.25) is 5.91 Å². The number of aliphatic imine (C=N–C) groups is 1. The number of amides is 1. The Morgan fingerprint density at radius 3 is 2.47 bits per heavy atom. The number of carbonyl (C=O) groups is 1. The second kappa shape index (κ2) is 11.3. The molecule has 1 aromatic rings. The molecule has 1 unspecified atom stereocenters. The van der Waals surface area contributed by atoms with Crippen LogP contribution in [0.2, 0.25) is 0 Å². The van der Waals surface area contributed by atoms with Gasteiger partial charge in [-0.3, -0.25) is 9.69 Å². The molecule has 2 saturated heterocycles. The molecular formula is C23H37N5O2. The van der Waals surface area contributed by atoms with Crippen LogP contribution in [-0.2, 0) is 17.9 Å². The van der Waals surface area contributed by atoms with Crippen LogP contribution >= 0.6 is 0 Å². The number of likely N-dealkylation sites (tertiary alicyclic amines) is 2. The zero-order valence-corrected chi connectivity index (χ0v) is 18.4. The van der Waals surface area contributed by atoms with Gasteiger partial charge in [-0.25, -0.2) is 4.99 Å². The minimum Gasteiger partial charge on any atom is -0.393 e. The van der Waals surface area contributed by atoms with Crippen molar-refractivity contribution in [2.24, 2.45) is 4.99 Å². The van der Waals surface area contributed by atoms with E-state index in [1.807, 2.05) is 11.8 Å². The van der Waals surface area contributed by atoms with E-state index in [9.17, 15) is 9.90 Å². The van der Waals surface area contributed by atoms with Crippen LogP contribution < -0.4 is 10.6 Å². The van der Waals surface area contributed by atoms with Gasteiger partial charge in [-0.15, -0.1) is 0 Å². The first-order valence-electron chi connectivity index (χ1n) is 11.4. The first-order chi connectivity index (χ1) is 14.6. The van der Waals surface area contributed by atoms with Gasteiger partial charge in [-0.2, -0.15) is 0 Å². The minimum absolute atomic E-state index is 0.125. The summed E-state index contributed by atoms with van der Waals surface area (Å²) in [4.78, 5) is 21.0. The monoisotopic (exact) mass is 415 g/mol. The number of aliphatic hydroxyl groups excluding tert-OH is 1. The summed E-state index contributed by atoms with van der Waals surface area (Å²) in [6, 6.07) is 8.92. The van der Waals surface area contributed by atoms with E-state index in [2.05, 4.69) is 46.7 Å². The zero-order chi connectivity index (χ0) is 21.3. The van der Waals surface area contributed by atoms with E-state index in [1.54, 1.807) is 0 Å². The summed E-state index contributed by atoms with van der Waals surface area (Å²) in [6.07, 6.45) is 3.14. The van der Waals surface area contributed by atoms with E-state index in [-0.39, 0.29) is 18.1 Å². The van der Waals surface area contributed by atoms with Crippen molar-refractivity contribution in [3.63, 3.8) is 0 Å². The Labute approximate surface area is 180 Å². The normalized spacial score (nSPS) is 21.1. The van der Waals surface area contributed by atoms with Crippen LogP contribution in [0.15, 0.2) is 29.3 Å². The summed E-state index contributed by atoms with van der Waals surface area (Å²) in [5.74, 6) is 1.03. The standard InChI is InChI=1S/C23H37N5O2/c1-3-22(30)28-14-9-20(17-28)26-23(24-4-2)25-15-18-5-7-19(8-6-18)16-27-12-10-21(29)11-13-27/h5-8,20-21,29H,3-4,9-17H2,1-2H3,(H2,24,25,26). The second-order valence-electron chi connectivity index (χ2n) is 8.34. The van der Waals surface area contributed by atoms with E-state index in [1.165, 1.54) is 11.1 Å². The molecule has 7 nitrogen and oxygen atoms in total. The van der Waals surface area contributed by atoms with Crippen molar-refractivity contribution in [1.82, 2.24) is 20.4 Å². The van der Waals surface area contributed by atoms with Crippen molar-refractivity contribution in [1.29, 1.82) is 0 Å². The molecule has 30 heavy (non-hydrogen) atoms. The molecule has 166 valence electrons. The lowest BCUT2D eigenvalue weighted by molar-refractivity contribution is -0.129. The van der Waals surface area contributed by atoms with Crippen molar-refractivity contribution in [2.75, 3.05) is 32.7 Å². The predicted octanol–water partition coefficient (Wildman–Crippen LogP) is 1.71. The summed E-state index contributed by atoms with van der Waals surface area (Å²) < 4.78 is 0. The number of benzene rings is 1. The number of hydrogen-bond donors (Lipinski definition) is 3. The van der Waals surface area contributed by atoms with Crippen molar-refractivity contribution in [3.05, 3.63) is 35.4 Å². The van der Waals surface area contributed by atoms with Crippen molar-refractivity contribution in [2.45, 2.75) is 64.8 Å². The van der Waals surface area contributed by atoms with E-state index in [0.717, 1.165) is 64.5 Å². The van der Waals surface area contributed by atoms with Gasteiger partial charge in [-0.1, -0.05) is 31.2 Å². The Balaban J connectivity index is 1.50. The molecule has 2 fully saturated rings. The van der Waals surface area contributed by atoms with E-state index in [4.69, 9.17) is 4.99 Å². The summed E-state index contributed by atoms with van der Waals surface area (Å²) in [6.45, 7) is 9.84. The Morgan fingerprint density at radius 2 is 1.80 bits per heavy atom. The summed E-state index contributed by atoms with van der Waals surface area (Å²) in [7, 11) is 0. The molecule has 1 aromatic carbocycles. The van der Waals surface area contributed by atoms with Crippen LogP contribution in [0.25, 0.3) is 0 Å². The quantitative estimate of drug-likeness (QED) is 0.467. The molecule has 2 heterocycles. The molecule has 0 radical (unpaired) electrons. The van der Waals surface area contributed by atoms with Gasteiger partial charge in [0.25, 0.3) is 0 Å². The summed E-state index contributed by atoms with van der Waals surface area (Å²) in [5, 5.41) is 16.4. The third kappa shape index (κ3) is 6.71. The SMILES string of the molecule is CCNC(=NCc1ccc(CN2CCC(O)CC2)cc1)NC1CCN(C(=O)CC)C1. The number of nitrogens with one attached hydrogen (secondary N) is 2. The van der Waals surface area contributed by atoms with Crippen LogP contribution in [0, 0.1) is 0 Å². The lowest BCUT2D eigenvalue weighted by atomic mass is 10.1. The Morgan fingerprint density at radius 1 is 1.10 bits per heavy atom. The molecule has 0 saturated carbocycles. The lowest BCUT2D eigenvalue weighted by Gasteiger charge is -2.29. The highest BCUT2D eigenvalue weighted by Crippen LogP contribution is 2.15. The summed E-state index contributed by atoms with van der Waals surface area (Å²) in [5.41, 5.74) is 2.48. The van der Waals surface area contributed by atoms with E-state index in [0.29, 0.717) is 13.0 Å². The first kappa shape index (κ1) is 22.6. The highest BCUT2D eigenvalue weighted by atomic mass is 16.3. The fourth-order valence-corrected chi connectivity index (χ4v) is 4.10. The molecule has 0 spiro atoms. The third-order valence-corrected chi connectivity index (χ3v) is 5.93. The predicted molar refractivity (Wildman–Crippen MR) is 120 cm³/mol. The highest BCUT2D eigenvalue weighted by molar-refractivity contribution is 5.80. The smallest absolute Gasteiger partial charge is 0.222 e. The van der Waals surface area contributed by atoms with Gasteiger partial charge in [0, 0.05) is 51.7 Å². The average molecular weight is 416 g/mol. The molecule has 1 atom stereocenters. The molecule has 0 aliphatic carbocycles. The Hall–Kier alpha value is -2.12. The maximum Gasteiger partial charge on any atom is 0.222 e. The molecule has 0 bridgehead atoms. The maximum atomic E-state index is 11.9. The number of nitrogens with zero attached hydrogens (tertiary/aromatic N) is 3. The van der Waals surface area contributed by atoms with Crippen molar-refractivity contribution in [3.8, 4) is 0 Å². The fourth-order valence-electron chi connectivity index (χ4n) is 4.10. The van der Waals surface area contributed by atoms with Crippen LogP contribution in [0.4, 0.5) is 0 Å². The van der Waals surface area contributed by atoms with Crippen molar-refractivity contribution < 1.29 is 9.90 Å². The number of carbonyl (C=O) groups excluding carboxylic acids is 1. The van der Waals surface area contributed by atoms with Crippen LogP contribution in [-0.4, -0.2) is 71.6 Å². The second-order valence-corrected chi connectivity index (χ2v) is 8.34. The number of piperidine rings is 1. The molecule has 3 N–H and O–H groups in total. The van der Waals surface area contributed by atoms with E-state index >= 15 is 0 Å². The van der Waals surface area contributed by atoms with Gasteiger partial charge in [0.15, 0.2) is 5.96 Å². The largest absolute Gasteiger partial charge is 0.393 e. The highest BCUT2D eigenvalue weighted by Gasteiger charge is 2.25. The Bertz CT molecular complexity index is 698. The van der Waals surface area contributed by atoms with Gasteiger partial charge in [0.1, 0.15) is 0 Å². The van der Waals surface area contributed by atoms with E-state index < -0.39 is 0 Å². The third-order valence-electron chi connectivity index (χ3n) is 5.93. The van der Waals surface area contributed by atoms with Gasteiger partial charge in [0.05, 0.1) is 12.6 Å². The maximum absolute atomic E-state index is 11.9. The molecule has 3 rings (SSSR count). The van der Waals surface area contributed by atoms with Crippen LogP contribution in [0.1, 0.15) is 50.7 Å². The van der Waals surface area contributed by atoms with Gasteiger partial charge >= 0.3 is 0 Å². The Kier molecular flexibility index (Phi) is 8.51. The molecule has 2 aliphatic rings. The number of guanidine groups is 1.